The van der Waals surface area contributed by atoms with Gasteiger partial charge in [-0.1, -0.05) is 31.5 Å². The van der Waals surface area contributed by atoms with Gasteiger partial charge >= 0.3 is 12.1 Å². The summed E-state index contributed by atoms with van der Waals surface area (Å²) in [6.07, 6.45) is -4.53. The topological polar surface area (TPSA) is 73.2 Å². The summed E-state index contributed by atoms with van der Waals surface area (Å²) in [6, 6.07) is 4.13. The van der Waals surface area contributed by atoms with Crippen LogP contribution in [0.1, 0.15) is 35.5 Å². The van der Waals surface area contributed by atoms with Gasteiger partial charge in [-0.15, -0.1) is 0 Å². The Kier molecular flexibility index (Phi) is 6.71. The van der Waals surface area contributed by atoms with Gasteiger partial charge in [0.25, 0.3) is 5.91 Å². The van der Waals surface area contributed by atoms with Crippen LogP contribution in [0.5, 0.6) is 0 Å². The predicted molar refractivity (Wildman–Crippen MR) is 97.2 cm³/mol. The highest BCUT2D eigenvalue weighted by molar-refractivity contribution is 6.32. The van der Waals surface area contributed by atoms with Crippen molar-refractivity contribution in [1.29, 1.82) is 0 Å². The third-order valence-corrected chi connectivity index (χ3v) is 4.00. The highest BCUT2D eigenvalue weighted by Crippen LogP contribution is 2.30. The predicted octanol–water partition coefficient (Wildman–Crippen LogP) is 4.32. The molecule has 0 bridgehead atoms. The van der Waals surface area contributed by atoms with Gasteiger partial charge in [0.1, 0.15) is 10.7 Å². The normalized spacial score (nSPS) is 11.6. The molecule has 2 rings (SSSR count). The first-order valence-electron chi connectivity index (χ1n) is 8.36. The summed E-state index contributed by atoms with van der Waals surface area (Å²) in [5.41, 5.74) is -0.555. The number of halogens is 4. The van der Waals surface area contributed by atoms with E-state index < -0.39 is 30.2 Å². The second kappa shape index (κ2) is 8.64. The van der Waals surface area contributed by atoms with Crippen LogP contribution in [0.2, 0.25) is 5.15 Å². The zero-order chi connectivity index (χ0) is 21.1. The summed E-state index contributed by atoms with van der Waals surface area (Å²) in [5, 5.41) is 6.53. The van der Waals surface area contributed by atoms with Crippen molar-refractivity contribution in [3.05, 3.63) is 46.2 Å². The Hall–Kier alpha value is -2.55. The van der Waals surface area contributed by atoms with E-state index in [2.05, 4.69) is 10.4 Å². The van der Waals surface area contributed by atoms with Gasteiger partial charge in [0.2, 0.25) is 0 Å². The number of carbonyl (C=O) groups is 2. The number of alkyl halides is 3. The average Bonchev–Trinajstić information content (AvgIpc) is 2.85. The molecule has 0 unspecified atom stereocenters. The van der Waals surface area contributed by atoms with Crippen LogP contribution in [0.25, 0.3) is 0 Å². The molecule has 1 aromatic carbocycles. The van der Waals surface area contributed by atoms with Crippen LogP contribution in [0.15, 0.2) is 24.3 Å². The van der Waals surface area contributed by atoms with Crippen LogP contribution < -0.4 is 5.32 Å². The van der Waals surface area contributed by atoms with E-state index in [4.69, 9.17) is 16.3 Å². The molecule has 1 amide bonds. The molecule has 1 heterocycles. The number of benzene rings is 1. The van der Waals surface area contributed by atoms with Crippen molar-refractivity contribution < 1.29 is 27.5 Å². The number of anilines is 1. The lowest BCUT2D eigenvalue weighted by Crippen LogP contribution is -2.21. The number of esters is 1. The van der Waals surface area contributed by atoms with Crippen molar-refractivity contribution in [2.45, 2.75) is 33.5 Å². The molecular weight excluding hydrogens is 399 g/mol. The fourth-order valence-electron chi connectivity index (χ4n) is 2.43. The van der Waals surface area contributed by atoms with Gasteiger partial charge < -0.3 is 10.1 Å². The summed E-state index contributed by atoms with van der Waals surface area (Å²) < 4.78 is 44.5. The summed E-state index contributed by atoms with van der Waals surface area (Å²) in [4.78, 5) is 24.1. The van der Waals surface area contributed by atoms with E-state index >= 15 is 0 Å². The number of aryl methyl sites for hydroxylation is 1. The molecule has 28 heavy (non-hydrogen) atoms. The summed E-state index contributed by atoms with van der Waals surface area (Å²) in [7, 11) is 0. The van der Waals surface area contributed by atoms with E-state index in [0.29, 0.717) is 12.2 Å². The van der Waals surface area contributed by atoms with Crippen molar-refractivity contribution in [2.24, 2.45) is 5.92 Å². The third-order valence-electron chi connectivity index (χ3n) is 3.62. The fourth-order valence-corrected chi connectivity index (χ4v) is 2.75. The number of carbonyl (C=O) groups excluding carboxylic acids is 2. The average molecular weight is 418 g/mol. The summed E-state index contributed by atoms with van der Waals surface area (Å²) in [5.74, 6) is -1.37. The van der Waals surface area contributed by atoms with Gasteiger partial charge in [-0.05, 0) is 31.0 Å². The highest BCUT2D eigenvalue weighted by atomic mass is 35.5. The third kappa shape index (κ3) is 5.48. The minimum atomic E-state index is -4.53. The molecule has 1 aromatic heterocycles. The number of amides is 1. The van der Waals surface area contributed by atoms with Gasteiger partial charge in [0.05, 0.1) is 11.3 Å². The van der Waals surface area contributed by atoms with Gasteiger partial charge in [-0.25, -0.2) is 4.79 Å². The van der Waals surface area contributed by atoms with Gasteiger partial charge in [-0.3, -0.25) is 9.48 Å². The number of rotatable bonds is 6. The molecule has 0 spiro atoms. The zero-order valence-electron chi connectivity index (χ0n) is 15.4. The molecular formula is C18H19ClF3N3O3. The van der Waals surface area contributed by atoms with Crippen molar-refractivity contribution in [1.82, 2.24) is 9.78 Å². The minimum Gasteiger partial charge on any atom is -0.452 e. The molecule has 0 aliphatic carbocycles. The molecule has 0 saturated heterocycles. The molecule has 0 atom stereocenters. The number of aromatic nitrogens is 2. The molecule has 0 aliphatic heterocycles. The first-order valence-corrected chi connectivity index (χ1v) is 8.74. The van der Waals surface area contributed by atoms with Crippen LogP contribution in [0, 0.1) is 12.8 Å². The molecule has 1 N–H and O–H groups in total. The van der Waals surface area contributed by atoms with Gasteiger partial charge in [0, 0.05) is 12.2 Å². The van der Waals surface area contributed by atoms with Crippen LogP contribution >= 0.6 is 11.6 Å². The standard InChI is InChI=1S/C18H19ClF3N3O3/c1-10(2)8-25-16(19)15(11(3)24-25)17(27)28-9-14(26)23-13-6-4-5-12(7-13)18(20,21)22/h4-7,10H,8-9H2,1-3H3,(H,23,26). The lowest BCUT2D eigenvalue weighted by atomic mass is 10.2. The Morgan fingerprint density at radius 1 is 1.32 bits per heavy atom. The minimum absolute atomic E-state index is 0.0502. The first kappa shape index (κ1) is 21.7. The molecule has 0 fully saturated rings. The smallest absolute Gasteiger partial charge is 0.416 e. The molecule has 0 aliphatic rings. The number of hydrogen-bond acceptors (Lipinski definition) is 4. The van der Waals surface area contributed by atoms with Crippen LogP contribution in [-0.2, 0) is 22.3 Å². The highest BCUT2D eigenvalue weighted by Gasteiger charge is 2.30. The monoisotopic (exact) mass is 417 g/mol. The molecule has 0 radical (unpaired) electrons. The summed E-state index contributed by atoms with van der Waals surface area (Å²) in [6.45, 7) is 5.33. The fraction of sp³-hybridized carbons (Fsp3) is 0.389. The Morgan fingerprint density at radius 2 is 2.00 bits per heavy atom. The lowest BCUT2D eigenvalue weighted by molar-refractivity contribution is -0.137. The SMILES string of the molecule is Cc1nn(CC(C)C)c(Cl)c1C(=O)OCC(=O)Nc1cccc(C(F)(F)F)c1. The Labute approximate surface area is 164 Å². The zero-order valence-corrected chi connectivity index (χ0v) is 16.2. The van der Waals surface area contributed by atoms with E-state index in [0.717, 1.165) is 18.2 Å². The number of nitrogens with one attached hydrogen (secondary N) is 1. The Morgan fingerprint density at radius 3 is 2.61 bits per heavy atom. The quantitative estimate of drug-likeness (QED) is 0.710. The first-order chi connectivity index (χ1) is 13.0. The van der Waals surface area contributed by atoms with Crippen LogP contribution in [0.4, 0.5) is 18.9 Å². The van der Waals surface area contributed by atoms with Crippen molar-refractivity contribution in [2.75, 3.05) is 11.9 Å². The van der Waals surface area contributed by atoms with E-state index in [1.54, 1.807) is 6.92 Å². The maximum atomic E-state index is 12.7. The Balaban J connectivity index is 2.00. The molecule has 6 nitrogen and oxygen atoms in total. The number of ether oxygens (including phenoxy) is 1. The van der Waals surface area contributed by atoms with Gasteiger partial charge in [0.15, 0.2) is 6.61 Å². The molecule has 2 aromatic rings. The van der Waals surface area contributed by atoms with E-state index in [9.17, 15) is 22.8 Å². The summed E-state index contributed by atoms with van der Waals surface area (Å²) >= 11 is 6.17. The number of hydrogen-bond donors (Lipinski definition) is 1. The maximum absolute atomic E-state index is 12.7. The second-order valence-electron chi connectivity index (χ2n) is 6.53. The second-order valence-corrected chi connectivity index (χ2v) is 6.89. The van der Waals surface area contributed by atoms with Gasteiger partial charge in [-0.2, -0.15) is 18.3 Å². The van der Waals surface area contributed by atoms with Crippen molar-refractivity contribution in [3.8, 4) is 0 Å². The van der Waals surface area contributed by atoms with E-state index in [-0.39, 0.29) is 22.3 Å². The molecule has 152 valence electrons. The van der Waals surface area contributed by atoms with E-state index in [1.807, 2.05) is 13.8 Å². The van der Waals surface area contributed by atoms with Crippen LogP contribution in [-0.4, -0.2) is 28.3 Å². The maximum Gasteiger partial charge on any atom is 0.416 e. The van der Waals surface area contributed by atoms with Crippen molar-refractivity contribution in [3.63, 3.8) is 0 Å². The number of nitrogens with zero attached hydrogens (tertiary/aromatic N) is 2. The lowest BCUT2D eigenvalue weighted by Gasteiger charge is -2.10. The molecule has 10 heteroatoms. The van der Waals surface area contributed by atoms with Crippen LogP contribution in [0.3, 0.4) is 0 Å². The largest absolute Gasteiger partial charge is 0.452 e. The van der Waals surface area contributed by atoms with E-state index in [1.165, 1.54) is 10.7 Å². The Bertz CT molecular complexity index is 879. The molecule has 0 saturated carbocycles. The van der Waals surface area contributed by atoms with Crippen molar-refractivity contribution >= 4 is 29.2 Å².